The Morgan fingerprint density at radius 3 is 2.57 bits per heavy atom. The highest BCUT2D eigenvalue weighted by Gasteiger charge is 2.39. The molecule has 5 heteroatoms. The summed E-state index contributed by atoms with van der Waals surface area (Å²) in [5.74, 6) is 0.929. The molecular formula is C30H32FNO3. The van der Waals surface area contributed by atoms with Crippen molar-refractivity contribution in [3.8, 4) is 16.9 Å². The first-order chi connectivity index (χ1) is 16.9. The minimum atomic E-state index is -0.241. The number of carbonyl (C=O) groups is 1. The SMILES string of the molecule is COC(=O)[C@@H](C)[C@H](c1ccc2c(c1)OC(c1ccc(-c3cc(C)ccc3F)c(C)n1)CC2)C1CC1. The number of aromatic nitrogens is 1. The van der Waals surface area contributed by atoms with Crippen LogP contribution in [0.25, 0.3) is 11.1 Å². The summed E-state index contributed by atoms with van der Waals surface area (Å²) in [4.78, 5) is 17.1. The van der Waals surface area contributed by atoms with Crippen LogP contribution in [-0.4, -0.2) is 18.1 Å². The van der Waals surface area contributed by atoms with Gasteiger partial charge in [-0.05, 0) is 86.8 Å². The molecule has 35 heavy (non-hydrogen) atoms. The summed E-state index contributed by atoms with van der Waals surface area (Å²) in [7, 11) is 1.46. The molecule has 1 aliphatic heterocycles. The number of fused-ring (bicyclic) bond motifs is 1. The smallest absolute Gasteiger partial charge is 0.309 e. The van der Waals surface area contributed by atoms with Gasteiger partial charge in [0.2, 0.25) is 0 Å². The third-order valence-corrected chi connectivity index (χ3v) is 7.51. The lowest BCUT2D eigenvalue weighted by atomic mass is 9.82. The number of rotatable bonds is 6. The summed E-state index contributed by atoms with van der Waals surface area (Å²) >= 11 is 0. The van der Waals surface area contributed by atoms with Gasteiger partial charge >= 0.3 is 5.97 Å². The molecule has 0 radical (unpaired) electrons. The van der Waals surface area contributed by atoms with Gasteiger partial charge in [-0.25, -0.2) is 4.39 Å². The highest BCUT2D eigenvalue weighted by Crippen LogP contribution is 2.48. The number of pyridine rings is 1. The Hall–Kier alpha value is -3.21. The van der Waals surface area contributed by atoms with Crippen LogP contribution in [0.3, 0.4) is 0 Å². The van der Waals surface area contributed by atoms with Crippen LogP contribution in [-0.2, 0) is 16.0 Å². The van der Waals surface area contributed by atoms with E-state index in [0.29, 0.717) is 11.5 Å². The fraction of sp³-hybridized carbons (Fsp3) is 0.400. The number of benzene rings is 2. The van der Waals surface area contributed by atoms with E-state index in [-0.39, 0.29) is 29.7 Å². The maximum atomic E-state index is 14.5. The number of ether oxygens (including phenoxy) is 2. The van der Waals surface area contributed by atoms with Crippen molar-refractivity contribution in [3.63, 3.8) is 0 Å². The van der Waals surface area contributed by atoms with Gasteiger partial charge in [0.1, 0.15) is 17.7 Å². The number of esters is 1. The molecule has 0 amide bonds. The van der Waals surface area contributed by atoms with E-state index in [9.17, 15) is 9.18 Å². The highest BCUT2D eigenvalue weighted by atomic mass is 19.1. The average Bonchev–Trinajstić information content (AvgIpc) is 3.70. The molecule has 0 spiro atoms. The molecule has 2 aliphatic rings. The van der Waals surface area contributed by atoms with Crippen molar-refractivity contribution in [3.05, 3.63) is 82.4 Å². The van der Waals surface area contributed by atoms with E-state index >= 15 is 0 Å². The van der Waals surface area contributed by atoms with Crippen LogP contribution in [0.2, 0.25) is 0 Å². The molecular weight excluding hydrogens is 441 g/mol. The van der Waals surface area contributed by atoms with Gasteiger partial charge in [-0.15, -0.1) is 0 Å². The summed E-state index contributed by atoms with van der Waals surface area (Å²) in [5, 5.41) is 0. The van der Waals surface area contributed by atoms with Crippen LogP contribution in [0.1, 0.15) is 66.3 Å². The molecule has 3 atom stereocenters. The zero-order chi connectivity index (χ0) is 24.7. The van der Waals surface area contributed by atoms with Crippen molar-refractivity contribution < 1.29 is 18.7 Å². The Bertz CT molecular complexity index is 1270. The van der Waals surface area contributed by atoms with E-state index < -0.39 is 0 Å². The van der Waals surface area contributed by atoms with E-state index in [2.05, 4.69) is 18.2 Å². The van der Waals surface area contributed by atoms with Gasteiger partial charge in [0.15, 0.2) is 0 Å². The van der Waals surface area contributed by atoms with Gasteiger partial charge in [0.25, 0.3) is 0 Å². The zero-order valence-electron chi connectivity index (χ0n) is 20.8. The monoisotopic (exact) mass is 473 g/mol. The number of nitrogens with zero attached hydrogens (tertiary/aromatic N) is 1. The standard InChI is InChI=1S/C30H32FNO3/c1-17-5-12-25(31)24(15-17)23-11-13-26(32-19(23)3)27-14-10-20-6-9-22(16-28(20)35-27)29(21-7-8-21)18(2)30(33)34-4/h5-6,9,11-13,15-16,18,21,27,29H,7-8,10,14H2,1-4H3/t18-,27?,29-/m0/s1. The number of aryl methyl sites for hydroxylation is 3. The normalized spacial score (nSPS) is 18.8. The highest BCUT2D eigenvalue weighted by molar-refractivity contribution is 5.73. The quantitative estimate of drug-likeness (QED) is 0.367. The fourth-order valence-corrected chi connectivity index (χ4v) is 5.45. The van der Waals surface area contributed by atoms with Gasteiger partial charge in [0, 0.05) is 16.8 Å². The van der Waals surface area contributed by atoms with Crippen molar-refractivity contribution in [2.45, 2.75) is 58.5 Å². The van der Waals surface area contributed by atoms with Gasteiger partial charge in [-0.3, -0.25) is 9.78 Å². The third-order valence-electron chi connectivity index (χ3n) is 7.51. The Balaban J connectivity index is 1.40. The maximum absolute atomic E-state index is 14.5. The van der Waals surface area contributed by atoms with Crippen LogP contribution >= 0.6 is 0 Å². The lowest BCUT2D eigenvalue weighted by molar-refractivity contribution is -0.145. The molecule has 1 aliphatic carbocycles. The topological polar surface area (TPSA) is 48.4 Å². The molecule has 2 heterocycles. The average molecular weight is 474 g/mol. The van der Waals surface area contributed by atoms with Crippen LogP contribution in [0.15, 0.2) is 48.5 Å². The number of hydrogen-bond donors (Lipinski definition) is 0. The second-order valence-electron chi connectivity index (χ2n) is 10.0. The molecule has 1 unspecified atom stereocenters. The second-order valence-corrected chi connectivity index (χ2v) is 10.0. The number of carbonyl (C=O) groups excluding carboxylic acids is 1. The van der Waals surface area contributed by atoms with Crippen molar-refractivity contribution in [1.82, 2.24) is 4.98 Å². The lowest BCUT2D eigenvalue weighted by Gasteiger charge is -2.29. The molecule has 4 nitrogen and oxygen atoms in total. The number of halogens is 1. The number of hydrogen-bond acceptors (Lipinski definition) is 4. The van der Waals surface area contributed by atoms with Crippen LogP contribution < -0.4 is 4.74 Å². The predicted octanol–water partition coefficient (Wildman–Crippen LogP) is 6.87. The van der Waals surface area contributed by atoms with E-state index in [1.54, 1.807) is 6.07 Å². The maximum Gasteiger partial charge on any atom is 0.309 e. The first-order valence-electron chi connectivity index (χ1n) is 12.5. The van der Waals surface area contributed by atoms with E-state index in [1.807, 2.05) is 39.0 Å². The number of methoxy groups -OCH3 is 1. The minimum Gasteiger partial charge on any atom is -0.484 e. The molecule has 1 aromatic heterocycles. The minimum absolute atomic E-state index is 0.139. The van der Waals surface area contributed by atoms with Crippen LogP contribution in [0.4, 0.5) is 4.39 Å². The second kappa shape index (κ2) is 9.44. The van der Waals surface area contributed by atoms with Gasteiger partial charge < -0.3 is 9.47 Å². The Morgan fingerprint density at radius 1 is 1.06 bits per heavy atom. The summed E-state index contributed by atoms with van der Waals surface area (Å²) in [6, 6.07) is 15.5. The van der Waals surface area contributed by atoms with Crippen LogP contribution in [0, 0.1) is 31.5 Å². The van der Waals surface area contributed by atoms with E-state index in [4.69, 9.17) is 14.5 Å². The van der Waals surface area contributed by atoms with Crippen molar-refractivity contribution in [1.29, 1.82) is 0 Å². The summed E-state index contributed by atoms with van der Waals surface area (Å²) in [5.41, 5.74) is 6.36. The first-order valence-corrected chi connectivity index (χ1v) is 12.5. The van der Waals surface area contributed by atoms with E-state index in [1.165, 1.54) is 18.7 Å². The Kier molecular flexibility index (Phi) is 6.35. The van der Waals surface area contributed by atoms with E-state index in [0.717, 1.165) is 59.5 Å². The molecule has 182 valence electrons. The van der Waals surface area contributed by atoms with Crippen molar-refractivity contribution in [2.24, 2.45) is 11.8 Å². The van der Waals surface area contributed by atoms with Crippen molar-refractivity contribution in [2.75, 3.05) is 7.11 Å². The van der Waals surface area contributed by atoms with Gasteiger partial charge in [-0.2, -0.15) is 0 Å². The molecule has 3 aromatic rings. The third kappa shape index (κ3) is 4.69. The largest absolute Gasteiger partial charge is 0.484 e. The zero-order valence-corrected chi connectivity index (χ0v) is 20.8. The fourth-order valence-electron chi connectivity index (χ4n) is 5.45. The summed E-state index contributed by atoms with van der Waals surface area (Å²) in [6.45, 7) is 5.84. The summed E-state index contributed by atoms with van der Waals surface area (Å²) in [6.07, 6.45) is 3.86. The molecule has 5 rings (SSSR count). The van der Waals surface area contributed by atoms with Crippen molar-refractivity contribution >= 4 is 5.97 Å². The van der Waals surface area contributed by atoms with Crippen LogP contribution in [0.5, 0.6) is 5.75 Å². The first kappa shape index (κ1) is 23.5. The Morgan fingerprint density at radius 2 is 1.86 bits per heavy atom. The van der Waals surface area contributed by atoms with Gasteiger partial charge in [-0.1, -0.05) is 36.8 Å². The molecule has 0 N–H and O–H groups in total. The molecule has 0 bridgehead atoms. The molecule has 1 fully saturated rings. The summed E-state index contributed by atoms with van der Waals surface area (Å²) < 4.78 is 26.0. The predicted molar refractivity (Wildman–Crippen MR) is 134 cm³/mol. The van der Waals surface area contributed by atoms with Gasteiger partial charge in [0.05, 0.1) is 18.7 Å². The molecule has 2 aromatic carbocycles. The molecule has 1 saturated carbocycles. The Labute approximate surface area is 206 Å². The molecule has 0 saturated heterocycles. The lowest BCUT2D eigenvalue weighted by Crippen LogP contribution is -2.23.